The van der Waals surface area contributed by atoms with Crippen molar-refractivity contribution in [2.75, 3.05) is 78.9 Å². The highest BCUT2D eigenvalue weighted by molar-refractivity contribution is 6.33. The first kappa shape index (κ1) is 27.2. The van der Waals surface area contributed by atoms with Crippen molar-refractivity contribution in [3.63, 3.8) is 0 Å². The predicted octanol–water partition coefficient (Wildman–Crippen LogP) is 1.66. The molecule has 2 saturated heterocycles. The van der Waals surface area contributed by atoms with Crippen LogP contribution in [0.25, 0.3) is 11.3 Å². The summed E-state index contributed by atoms with van der Waals surface area (Å²) in [7, 11) is 0. The lowest BCUT2D eigenvalue weighted by Gasteiger charge is -2.26. The Kier molecular flexibility index (Phi) is 11.0. The van der Waals surface area contributed by atoms with Crippen LogP contribution in [0.2, 0.25) is 5.02 Å². The number of aliphatic hydroxyl groups is 1. The van der Waals surface area contributed by atoms with Gasteiger partial charge in [-0.3, -0.25) is 9.80 Å². The summed E-state index contributed by atoms with van der Waals surface area (Å²) < 4.78 is 29.2. The average molecular weight is 513 g/mol. The van der Waals surface area contributed by atoms with E-state index in [0.717, 1.165) is 58.2 Å². The van der Waals surface area contributed by atoms with E-state index in [-0.39, 0.29) is 28.9 Å². The molecule has 1 aromatic carbocycles. The SMILES string of the molecule is O=C(O)c1cnc(OCCN2CCOCC2)nc1-c1ccc(F)cc1Cl.OCCN1CCOCC1. The third-order valence-electron chi connectivity index (χ3n) is 5.45. The first-order valence-electron chi connectivity index (χ1n) is 11.4. The molecule has 2 aliphatic rings. The van der Waals surface area contributed by atoms with Crippen molar-refractivity contribution in [1.82, 2.24) is 19.8 Å². The fraction of sp³-hybridized carbons (Fsp3) is 0.522. The fourth-order valence-corrected chi connectivity index (χ4v) is 3.79. The van der Waals surface area contributed by atoms with Crippen LogP contribution in [-0.2, 0) is 9.47 Å². The van der Waals surface area contributed by atoms with Crippen LogP contribution in [0.1, 0.15) is 10.4 Å². The molecule has 2 fully saturated rings. The molecule has 0 aliphatic carbocycles. The number of hydrogen-bond acceptors (Lipinski definition) is 9. The molecule has 2 aromatic rings. The number of morpholine rings is 2. The zero-order valence-electron chi connectivity index (χ0n) is 19.4. The van der Waals surface area contributed by atoms with E-state index in [1.54, 1.807) is 0 Å². The van der Waals surface area contributed by atoms with Gasteiger partial charge in [0.05, 0.1) is 43.8 Å². The second-order valence-corrected chi connectivity index (χ2v) is 8.23. The van der Waals surface area contributed by atoms with Gasteiger partial charge in [0.15, 0.2) is 0 Å². The van der Waals surface area contributed by atoms with Gasteiger partial charge in [-0.15, -0.1) is 0 Å². The fourth-order valence-electron chi connectivity index (χ4n) is 3.54. The maximum absolute atomic E-state index is 13.3. The molecule has 2 aliphatic heterocycles. The van der Waals surface area contributed by atoms with Crippen LogP contribution in [0, 0.1) is 5.82 Å². The van der Waals surface area contributed by atoms with Crippen molar-refractivity contribution in [2.24, 2.45) is 0 Å². The number of aliphatic hydroxyl groups excluding tert-OH is 1. The Morgan fingerprint density at radius 2 is 1.71 bits per heavy atom. The largest absolute Gasteiger partial charge is 0.478 e. The smallest absolute Gasteiger partial charge is 0.339 e. The molecule has 3 heterocycles. The summed E-state index contributed by atoms with van der Waals surface area (Å²) in [5.41, 5.74) is 0.240. The number of nitrogens with zero attached hydrogens (tertiary/aromatic N) is 4. The van der Waals surface area contributed by atoms with E-state index < -0.39 is 11.8 Å². The van der Waals surface area contributed by atoms with E-state index in [0.29, 0.717) is 31.9 Å². The number of carbonyl (C=O) groups is 1. The number of aromatic carboxylic acids is 1. The second-order valence-electron chi connectivity index (χ2n) is 7.82. The number of benzene rings is 1. The topological polar surface area (TPSA) is 117 Å². The molecule has 10 nitrogen and oxygen atoms in total. The summed E-state index contributed by atoms with van der Waals surface area (Å²) >= 11 is 6.05. The summed E-state index contributed by atoms with van der Waals surface area (Å²) in [6.07, 6.45) is 1.16. The zero-order chi connectivity index (χ0) is 25.0. The Morgan fingerprint density at radius 1 is 1.09 bits per heavy atom. The molecular formula is C23H30ClFN4O6. The van der Waals surface area contributed by atoms with E-state index in [4.69, 9.17) is 30.9 Å². The van der Waals surface area contributed by atoms with Crippen LogP contribution in [0.15, 0.2) is 24.4 Å². The Morgan fingerprint density at radius 3 is 2.29 bits per heavy atom. The summed E-state index contributed by atoms with van der Waals surface area (Å²) in [5, 5.41) is 17.9. The molecule has 12 heteroatoms. The molecule has 0 amide bonds. The number of ether oxygens (including phenoxy) is 3. The van der Waals surface area contributed by atoms with Gasteiger partial charge in [0.2, 0.25) is 0 Å². The van der Waals surface area contributed by atoms with Gasteiger partial charge >= 0.3 is 12.0 Å². The van der Waals surface area contributed by atoms with Crippen LogP contribution in [0.4, 0.5) is 4.39 Å². The highest BCUT2D eigenvalue weighted by Crippen LogP contribution is 2.30. The molecule has 2 N–H and O–H groups in total. The van der Waals surface area contributed by atoms with E-state index in [1.165, 1.54) is 12.1 Å². The van der Waals surface area contributed by atoms with Gasteiger partial charge < -0.3 is 24.4 Å². The van der Waals surface area contributed by atoms with Gasteiger partial charge in [-0.05, 0) is 18.2 Å². The van der Waals surface area contributed by atoms with Crippen LogP contribution >= 0.6 is 11.6 Å². The van der Waals surface area contributed by atoms with Gasteiger partial charge in [-0.1, -0.05) is 11.6 Å². The molecule has 0 bridgehead atoms. The summed E-state index contributed by atoms with van der Waals surface area (Å²) in [6.45, 7) is 8.72. The van der Waals surface area contributed by atoms with Gasteiger partial charge in [0.25, 0.3) is 0 Å². The normalized spacial score (nSPS) is 16.9. The quantitative estimate of drug-likeness (QED) is 0.540. The third-order valence-corrected chi connectivity index (χ3v) is 5.76. The monoisotopic (exact) mass is 512 g/mol. The van der Waals surface area contributed by atoms with Gasteiger partial charge in [0.1, 0.15) is 18.0 Å². The minimum absolute atomic E-state index is 0.0404. The van der Waals surface area contributed by atoms with Crippen molar-refractivity contribution < 1.29 is 33.6 Å². The molecular weight excluding hydrogens is 483 g/mol. The van der Waals surface area contributed by atoms with Crippen molar-refractivity contribution in [3.8, 4) is 17.3 Å². The molecule has 0 saturated carbocycles. The number of hydrogen-bond donors (Lipinski definition) is 2. The van der Waals surface area contributed by atoms with Gasteiger partial charge in [0, 0.05) is 51.0 Å². The molecule has 35 heavy (non-hydrogen) atoms. The van der Waals surface area contributed by atoms with E-state index in [2.05, 4.69) is 19.8 Å². The molecule has 0 radical (unpaired) electrons. The average Bonchev–Trinajstić information content (AvgIpc) is 2.86. The van der Waals surface area contributed by atoms with Crippen molar-refractivity contribution in [2.45, 2.75) is 0 Å². The predicted molar refractivity (Wildman–Crippen MR) is 126 cm³/mol. The van der Waals surface area contributed by atoms with Crippen molar-refractivity contribution in [3.05, 3.63) is 40.8 Å². The van der Waals surface area contributed by atoms with Gasteiger partial charge in [-0.2, -0.15) is 4.98 Å². The lowest BCUT2D eigenvalue weighted by Crippen LogP contribution is -2.38. The van der Waals surface area contributed by atoms with Crippen LogP contribution in [-0.4, -0.2) is 115 Å². The number of halogens is 2. The van der Waals surface area contributed by atoms with E-state index in [9.17, 15) is 14.3 Å². The highest BCUT2D eigenvalue weighted by atomic mass is 35.5. The Hall–Kier alpha value is -2.41. The molecule has 0 unspecified atom stereocenters. The number of carboxylic acid groups (broad SMARTS) is 1. The Bertz CT molecular complexity index is 955. The first-order chi connectivity index (χ1) is 17.0. The lowest BCUT2D eigenvalue weighted by atomic mass is 10.1. The van der Waals surface area contributed by atoms with Gasteiger partial charge in [-0.25, -0.2) is 14.2 Å². The molecule has 1 aromatic heterocycles. The van der Waals surface area contributed by atoms with Crippen LogP contribution < -0.4 is 4.74 Å². The summed E-state index contributed by atoms with van der Waals surface area (Å²) in [5.74, 6) is -1.73. The molecule has 192 valence electrons. The van der Waals surface area contributed by atoms with Crippen LogP contribution in [0.5, 0.6) is 6.01 Å². The Balaban J connectivity index is 0.000000320. The highest BCUT2D eigenvalue weighted by Gasteiger charge is 2.19. The van der Waals surface area contributed by atoms with E-state index >= 15 is 0 Å². The third kappa shape index (κ3) is 8.64. The number of aromatic nitrogens is 2. The van der Waals surface area contributed by atoms with Crippen molar-refractivity contribution in [1.29, 1.82) is 0 Å². The Labute approximate surface area is 208 Å². The minimum atomic E-state index is -1.21. The summed E-state index contributed by atoms with van der Waals surface area (Å²) in [4.78, 5) is 23.9. The van der Waals surface area contributed by atoms with E-state index in [1.807, 2.05) is 0 Å². The standard InChI is InChI=1S/C17H17ClFN3O4.C6H13NO2/c18-14-9-11(19)1-2-12(14)15-13(16(23)24)10-20-17(21-15)26-8-5-22-3-6-25-7-4-22;8-4-1-7-2-5-9-6-3-7/h1-2,9-10H,3-8H2,(H,23,24);8H,1-6H2. The second kappa shape index (κ2) is 14.2. The van der Waals surface area contributed by atoms with Crippen LogP contribution in [0.3, 0.4) is 0 Å². The molecule has 0 spiro atoms. The number of carboxylic acids is 1. The maximum atomic E-state index is 13.3. The molecule has 0 atom stereocenters. The molecule has 4 rings (SSSR count). The summed E-state index contributed by atoms with van der Waals surface area (Å²) in [6, 6.07) is 3.71. The number of rotatable bonds is 8. The lowest BCUT2D eigenvalue weighted by molar-refractivity contribution is 0.0306. The zero-order valence-corrected chi connectivity index (χ0v) is 20.1. The number of β-amino-alcohol motifs (C(OH)–C–C–N with tert-alkyl or cyclic N) is 1. The maximum Gasteiger partial charge on any atom is 0.339 e. The van der Waals surface area contributed by atoms with Crippen molar-refractivity contribution >= 4 is 17.6 Å². The first-order valence-corrected chi connectivity index (χ1v) is 11.8. The minimum Gasteiger partial charge on any atom is -0.478 e.